The summed E-state index contributed by atoms with van der Waals surface area (Å²) in [6, 6.07) is 11.9. The number of methoxy groups -OCH3 is 1. The number of para-hydroxylation sites is 1. The fraction of sp³-hybridized carbons (Fsp3) is 0.190. The zero-order valence-electron chi connectivity index (χ0n) is 16.2. The molecule has 156 valence electrons. The van der Waals surface area contributed by atoms with Gasteiger partial charge in [0, 0.05) is 0 Å². The van der Waals surface area contributed by atoms with Gasteiger partial charge in [-0.1, -0.05) is 29.8 Å². The van der Waals surface area contributed by atoms with Crippen LogP contribution in [0.2, 0.25) is 5.02 Å². The topological polar surface area (TPSA) is 82.1 Å². The van der Waals surface area contributed by atoms with E-state index in [1.807, 2.05) is 0 Å². The van der Waals surface area contributed by atoms with E-state index in [2.05, 4.69) is 4.74 Å². The van der Waals surface area contributed by atoms with Gasteiger partial charge in [0.05, 0.1) is 29.3 Å². The largest absolute Gasteiger partial charge is 0.490 e. The summed E-state index contributed by atoms with van der Waals surface area (Å²) in [4.78, 5) is 37.9. The number of carbonyl (C=O) groups is 3. The summed E-state index contributed by atoms with van der Waals surface area (Å²) >= 11 is 7.16. The Morgan fingerprint density at radius 2 is 1.90 bits per heavy atom. The van der Waals surface area contributed by atoms with Gasteiger partial charge < -0.3 is 14.2 Å². The Kier molecular flexibility index (Phi) is 7.02. The van der Waals surface area contributed by atoms with Crippen LogP contribution in [0.4, 0.5) is 10.5 Å². The third kappa shape index (κ3) is 4.77. The van der Waals surface area contributed by atoms with E-state index in [1.165, 1.54) is 7.11 Å². The van der Waals surface area contributed by atoms with Gasteiger partial charge in [0.1, 0.15) is 0 Å². The smallest absolute Gasteiger partial charge is 0.343 e. The van der Waals surface area contributed by atoms with Gasteiger partial charge in [0.2, 0.25) is 0 Å². The quantitative estimate of drug-likeness (QED) is 0.455. The summed E-state index contributed by atoms with van der Waals surface area (Å²) in [6.45, 7) is 1.79. The van der Waals surface area contributed by atoms with Gasteiger partial charge in [-0.15, -0.1) is 0 Å². The fourth-order valence-electron chi connectivity index (χ4n) is 2.68. The van der Waals surface area contributed by atoms with Crippen LogP contribution in [0.25, 0.3) is 6.08 Å². The van der Waals surface area contributed by atoms with Crippen molar-refractivity contribution >= 4 is 52.2 Å². The summed E-state index contributed by atoms with van der Waals surface area (Å²) in [5.74, 6) is -0.482. The van der Waals surface area contributed by atoms with Crippen molar-refractivity contribution in [3.63, 3.8) is 0 Å². The van der Waals surface area contributed by atoms with Crippen LogP contribution in [-0.2, 0) is 14.3 Å². The number of thioether (sulfide) groups is 1. The molecule has 0 aromatic heterocycles. The molecule has 1 aliphatic heterocycles. The number of nitrogens with zero attached hydrogens (tertiary/aromatic N) is 1. The number of esters is 1. The van der Waals surface area contributed by atoms with E-state index in [4.69, 9.17) is 21.1 Å². The second kappa shape index (κ2) is 9.69. The maximum Gasteiger partial charge on any atom is 0.343 e. The number of amides is 2. The maximum atomic E-state index is 12.8. The molecule has 0 aliphatic carbocycles. The first kappa shape index (κ1) is 21.7. The molecule has 30 heavy (non-hydrogen) atoms. The summed E-state index contributed by atoms with van der Waals surface area (Å²) in [5, 5.41) is -0.190. The van der Waals surface area contributed by atoms with Crippen molar-refractivity contribution in [2.75, 3.05) is 25.2 Å². The number of anilines is 1. The molecule has 0 spiro atoms. The standard InChI is InChI=1S/C21H18ClNO6S/c1-3-28-16-10-13(9-15(22)19(16)29-12-18(24)27-2)11-17-20(25)23(21(26)30-17)14-7-5-4-6-8-14/h4-11H,3,12H2,1-2H3/b17-11-. The minimum Gasteiger partial charge on any atom is -0.490 e. The lowest BCUT2D eigenvalue weighted by Crippen LogP contribution is -2.27. The molecule has 1 aliphatic rings. The minimum atomic E-state index is -0.563. The Balaban J connectivity index is 1.90. The van der Waals surface area contributed by atoms with Crippen molar-refractivity contribution in [2.45, 2.75) is 6.92 Å². The minimum absolute atomic E-state index is 0.193. The molecule has 3 rings (SSSR count). The Hall–Kier alpha value is -2.97. The van der Waals surface area contributed by atoms with Crippen LogP contribution < -0.4 is 14.4 Å². The number of imide groups is 1. The average molecular weight is 448 g/mol. The van der Waals surface area contributed by atoms with E-state index in [0.29, 0.717) is 23.6 Å². The molecule has 0 bridgehead atoms. The molecule has 2 aromatic carbocycles. The highest BCUT2D eigenvalue weighted by atomic mass is 35.5. The predicted octanol–water partition coefficient (Wildman–Crippen LogP) is 4.53. The van der Waals surface area contributed by atoms with E-state index in [-0.39, 0.29) is 27.5 Å². The highest BCUT2D eigenvalue weighted by Crippen LogP contribution is 2.40. The lowest BCUT2D eigenvalue weighted by Gasteiger charge is -2.14. The van der Waals surface area contributed by atoms with Crippen LogP contribution in [0.1, 0.15) is 12.5 Å². The number of hydrogen-bond donors (Lipinski definition) is 0. The predicted molar refractivity (Wildman–Crippen MR) is 115 cm³/mol. The van der Waals surface area contributed by atoms with Crippen molar-refractivity contribution in [1.29, 1.82) is 0 Å². The van der Waals surface area contributed by atoms with Crippen LogP contribution in [-0.4, -0.2) is 37.4 Å². The van der Waals surface area contributed by atoms with Crippen molar-refractivity contribution in [2.24, 2.45) is 0 Å². The van der Waals surface area contributed by atoms with Crippen LogP contribution >= 0.6 is 23.4 Å². The SMILES string of the molecule is CCOc1cc(/C=C2\SC(=O)N(c3ccccc3)C2=O)cc(Cl)c1OCC(=O)OC. The Bertz CT molecular complexity index is 1010. The summed E-state index contributed by atoms with van der Waals surface area (Å²) in [5.41, 5.74) is 1.05. The van der Waals surface area contributed by atoms with Crippen LogP contribution in [0.3, 0.4) is 0 Å². The van der Waals surface area contributed by atoms with E-state index in [0.717, 1.165) is 16.7 Å². The van der Waals surface area contributed by atoms with Crippen molar-refractivity contribution in [3.05, 3.63) is 58.0 Å². The normalized spacial score (nSPS) is 14.9. The number of hydrogen-bond acceptors (Lipinski definition) is 7. The number of rotatable bonds is 7. The van der Waals surface area contributed by atoms with E-state index >= 15 is 0 Å². The molecule has 1 fully saturated rings. The Morgan fingerprint density at radius 1 is 1.17 bits per heavy atom. The van der Waals surface area contributed by atoms with E-state index in [1.54, 1.807) is 55.5 Å². The monoisotopic (exact) mass is 447 g/mol. The summed E-state index contributed by atoms with van der Waals surface area (Å²) < 4.78 is 15.6. The van der Waals surface area contributed by atoms with Gasteiger partial charge in [-0.2, -0.15) is 0 Å². The molecule has 0 radical (unpaired) electrons. The zero-order valence-corrected chi connectivity index (χ0v) is 17.8. The lowest BCUT2D eigenvalue weighted by molar-refractivity contribution is -0.142. The van der Waals surface area contributed by atoms with Gasteiger partial charge in [-0.05, 0) is 54.6 Å². The van der Waals surface area contributed by atoms with Crippen molar-refractivity contribution in [1.82, 2.24) is 0 Å². The second-order valence-corrected chi connectivity index (χ2v) is 7.38. The highest BCUT2D eigenvalue weighted by molar-refractivity contribution is 8.19. The second-order valence-electron chi connectivity index (χ2n) is 5.98. The Morgan fingerprint density at radius 3 is 2.57 bits per heavy atom. The van der Waals surface area contributed by atoms with Gasteiger partial charge >= 0.3 is 5.97 Å². The molecule has 0 atom stereocenters. The molecule has 0 unspecified atom stereocenters. The molecule has 1 saturated heterocycles. The third-order valence-corrected chi connectivity index (χ3v) is 5.15. The molecule has 7 nitrogen and oxygen atoms in total. The molecule has 1 heterocycles. The number of benzene rings is 2. The molecular formula is C21H18ClNO6S. The molecular weight excluding hydrogens is 430 g/mol. The number of halogens is 1. The van der Waals surface area contributed by atoms with Crippen molar-refractivity contribution < 1.29 is 28.6 Å². The third-order valence-electron chi connectivity index (χ3n) is 4.00. The van der Waals surface area contributed by atoms with E-state index < -0.39 is 11.9 Å². The lowest BCUT2D eigenvalue weighted by atomic mass is 10.1. The fourth-order valence-corrected chi connectivity index (χ4v) is 3.80. The first-order valence-corrected chi connectivity index (χ1v) is 10.1. The van der Waals surface area contributed by atoms with Crippen LogP contribution in [0.15, 0.2) is 47.4 Å². The number of carbonyl (C=O) groups excluding carboxylic acids is 3. The summed E-state index contributed by atoms with van der Waals surface area (Å²) in [7, 11) is 1.25. The van der Waals surface area contributed by atoms with Gasteiger partial charge in [-0.3, -0.25) is 9.59 Å². The molecule has 2 aromatic rings. The van der Waals surface area contributed by atoms with Gasteiger partial charge in [-0.25, -0.2) is 9.69 Å². The van der Waals surface area contributed by atoms with Crippen molar-refractivity contribution in [3.8, 4) is 11.5 Å². The molecule has 9 heteroatoms. The van der Waals surface area contributed by atoms with Crippen LogP contribution in [0, 0.1) is 0 Å². The molecule has 0 saturated carbocycles. The average Bonchev–Trinajstić information content (AvgIpc) is 3.01. The Labute approximate surface area is 182 Å². The molecule has 2 amide bonds. The van der Waals surface area contributed by atoms with Crippen LogP contribution in [0.5, 0.6) is 11.5 Å². The molecule has 0 N–H and O–H groups in total. The zero-order chi connectivity index (χ0) is 21.7. The van der Waals surface area contributed by atoms with E-state index in [9.17, 15) is 14.4 Å². The van der Waals surface area contributed by atoms with Gasteiger partial charge in [0.15, 0.2) is 18.1 Å². The maximum absolute atomic E-state index is 12.8. The first-order chi connectivity index (χ1) is 14.4. The van der Waals surface area contributed by atoms with Gasteiger partial charge in [0.25, 0.3) is 11.1 Å². The summed E-state index contributed by atoms with van der Waals surface area (Å²) in [6.07, 6.45) is 1.56. The first-order valence-electron chi connectivity index (χ1n) is 8.93. The number of ether oxygens (including phenoxy) is 3. The highest BCUT2D eigenvalue weighted by Gasteiger charge is 2.36.